The number of carboxylic acid groups (broad SMARTS) is 1. The summed E-state index contributed by atoms with van der Waals surface area (Å²) in [7, 11) is 0. The Bertz CT molecular complexity index is 479. The Morgan fingerprint density at radius 3 is 2.74 bits per heavy atom. The number of benzene rings is 1. The van der Waals surface area contributed by atoms with Crippen molar-refractivity contribution in [3.8, 4) is 0 Å². The Labute approximate surface area is 109 Å². The molecule has 19 heavy (non-hydrogen) atoms. The van der Waals surface area contributed by atoms with Crippen molar-refractivity contribution in [3.05, 3.63) is 34.1 Å². The van der Waals surface area contributed by atoms with Crippen LogP contribution in [0.15, 0.2) is 18.2 Å². The van der Waals surface area contributed by atoms with Crippen LogP contribution in [0.2, 0.25) is 0 Å². The van der Waals surface area contributed by atoms with Gasteiger partial charge in [0.25, 0.3) is 5.69 Å². The molecule has 0 fully saturated rings. The lowest BCUT2D eigenvalue weighted by Gasteiger charge is -2.17. The third-order valence-corrected chi connectivity index (χ3v) is 2.58. The number of nitrogens with one attached hydrogen (secondary N) is 1. The molecule has 7 heteroatoms. The Morgan fingerprint density at radius 2 is 2.26 bits per heavy atom. The molecule has 0 aromatic heterocycles. The number of hydrogen-bond acceptors (Lipinski definition) is 4. The fraction of sp³-hybridized carbons (Fsp3) is 0.417. The number of carbonyl (C=O) groups is 1. The first-order valence-electron chi connectivity index (χ1n) is 5.86. The predicted molar refractivity (Wildman–Crippen MR) is 67.6 cm³/mol. The van der Waals surface area contributed by atoms with E-state index in [2.05, 4.69) is 5.32 Å². The van der Waals surface area contributed by atoms with Gasteiger partial charge in [0.1, 0.15) is 0 Å². The summed E-state index contributed by atoms with van der Waals surface area (Å²) < 4.78 is 13.6. The highest BCUT2D eigenvalue weighted by atomic mass is 19.1. The molecule has 0 heterocycles. The number of aliphatic carboxylic acids is 1. The standard InChI is InChI=1S/C12H15FN2O4/c1-2-3-8(6-12(16)17)14-11-5-4-9(15(18)19)7-10(11)13/h4-5,7-8,14H,2-3,6H2,1H3,(H,16,17). The lowest BCUT2D eigenvalue weighted by atomic mass is 10.1. The molecule has 0 bridgehead atoms. The number of nitrogens with zero attached hydrogens (tertiary/aromatic N) is 1. The molecule has 104 valence electrons. The smallest absolute Gasteiger partial charge is 0.305 e. The molecule has 6 nitrogen and oxygen atoms in total. The van der Waals surface area contributed by atoms with Crippen molar-refractivity contribution >= 4 is 17.3 Å². The van der Waals surface area contributed by atoms with E-state index in [9.17, 15) is 19.3 Å². The number of hydrogen-bond donors (Lipinski definition) is 2. The summed E-state index contributed by atoms with van der Waals surface area (Å²) in [6.07, 6.45) is 1.19. The molecular weight excluding hydrogens is 255 g/mol. The third-order valence-electron chi connectivity index (χ3n) is 2.58. The van der Waals surface area contributed by atoms with Crippen LogP contribution in [0.1, 0.15) is 26.2 Å². The second-order valence-electron chi connectivity index (χ2n) is 4.15. The summed E-state index contributed by atoms with van der Waals surface area (Å²) in [6, 6.07) is 2.83. The van der Waals surface area contributed by atoms with Gasteiger partial charge in [-0.25, -0.2) is 4.39 Å². The monoisotopic (exact) mass is 270 g/mol. The second-order valence-corrected chi connectivity index (χ2v) is 4.15. The fourth-order valence-corrected chi connectivity index (χ4v) is 1.74. The van der Waals surface area contributed by atoms with Crippen LogP contribution in [0.5, 0.6) is 0 Å². The summed E-state index contributed by atoms with van der Waals surface area (Å²) in [5.41, 5.74) is -0.265. The van der Waals surface area contributed by atoms with Crippen LogP contribution in [-0.2, 0) is 4.79 Å². The van der Waals surface area contributed by atoms with Gasteiger partial charge in [-0.3, -0.25) is 14.9 Å². The maximum Gasteiger partial charge on any atom is 0.305 e. The molecule has 1 aromatic rings. The first-order chi connectivity index (χ1) is 8.93. The maximum atomic E-state index is 13.6. The second kappa shape index (κ2) is 6.67. The number of rotatable bonds is 7. The minimum atomic E-state index is -0.978. The van der Waals surface area contributed by atoms with Crippen LogP contribution >= 0.6 is 0 Å². The van der Waals surface area contributed by atoms with Gasteiger partial charge in [0.2, 0.25) is 0 Å². The molecule has 1 atom stereocenters. The predicted octanol–water partition coefficient (Wildman–Crippen LogP) is 2.79. The zero-order chi connectivity index (χ0) is 14.4. The average molecular weight is 270 g/mol. The van der Waals surface area contributed by atoms with E-state index in [1.165, 1.54) is 12.1 Å². The third kappa shape index (κ3) is 4.53. The van der Waals surface area contributed by atoms with E-state index in [4.69, 9.17) is 5.11 Å². The van der Waals surface area contributed by atoms with Crippen molar-refractivity contribution in [1.82, 2.24) is 0 Å². The average Bonchev–Trinajstić information content (AvgIpc) is 2.31. The molecule has 0 spiro atoms. The molecule has 1 rings (SSSR count). The quantitative estimate of drug-likeness (QED) is 0.587. The Hall–Kier alpha value is -2.18. The molecule has 2 N–H and O–H groups in total. The minimum Gasteiger partial charge on any atom is -0.481 e. The number of nitro groups is 1. The molecule has 0 saturated carbocycles. The van der Waals surface area contributed by atoms with Crippen LogP contribution < -0.4 is 5.32 Å². The van der Waals surface area contributed by atoms with Gasteiger partial charge in [0.05, 0.1) is 23.1 Å². The van der Waals surface area contributed by atoms with E-state index in [1.54, 1.807) is 0 Å². The Balaban J connectivity index is 2.84. The van der Waals surface area contributed by atoms with Gasteiger partial charge in [0, 0.05) is 12.1 Å². The van der Waals surface area contributed by atoms with Crippen molar-refractivity contribution in [3.63, 3.8) is 0 Å². The molecule has 1 aromatic carbocycles. The maximum absolute atomic E-state index is 13.6. The minimum absolute atomic E-state index is 0.0744. The summed E-state index contributed by atoms with van der Waals surface area (Å²) >= 11 is 0. The highest BCUT2D eigenvalue weighted by Gasteiger charge is 2.16. The van der Waals surface area contributed by atoms with Crippen molar-refractivity contribution < 1.29 is 19.2 Å². The highest BCUT2D eigenvalue weighted by molar-refractivity contribution is 5.68. The fourth-order valence-electron chi connectivity index (χ4n) is 1.74. The van der Waals surface area contributed by atoms with Crippen LogP contribution in [-0.4, -0.2) is 22.0 Å². The first-order valence-corrected chi connectivity index (χ1v) is 5.86. The number of nitro benzene ring substituents is 1. The first kappa shape index (κ1) is 14.9. The van der Waals surface area contributed by atoms with E-state index in [0.29, 0.717) is 6.42 Å². The van der Waals surface area contributed by atoms with Gasteiger partial charge in [-0.2, -0.15) is 0 Å². The van der Waals surface area contributed by atoms with Crippen LogP contribution in [0.25, 0.3) is 0 Å². The molecule has 0 radical (unpaired) electrons. The van der Waals surface area contributed by atoms with Crippen LogP contribution in [0.3, 0.4) is 0 Å². The zero-order valence-electron chi connectivity index (χ0n) is 10.4. The molecule has 0 aliphatic heterocycles. The van der Waals surface area contributed by atoms with Crippen LogP contribution in [0, 0.1) is 15.9 Å². The summed E-state index contributed by atoms with van der Waals surface area (Å²) in [5, 5.41) is 22.0. The van der Waals surface area contributed by atoms with Crippen molar-refractivity contribution in [2.24, 2.45) is 0 Å². The van der Waals surface area contributed by atoms with Crippen LogP contribution in [0.4, 0.5) is 15.8 Å². The normalized spacial score (nSPS) is 11.9. The SMILES string of the molecule is CCCC(CC(=O)O)Nc1ccc([N+](=O)[O-])cc1F. The largest absolute Gasteiger partial charge is 0.481 e. The lowest BCUT2D eigenvalue weighted by molar-refractivity contribution is -0.385. The molecule has 0 aliphatic carbocycles. The van der Waals surface area contributed by atoms with Gasteiger partial charge < -0.3 is 10.4 Å². The van der Waals surface area contributed by atoms with Gasteiger partial charge >= 0.3 is 5.97 Å². The van der Waals surface area contributed by atoms with Crippen molar-refractivity contribution in [2.45, 2.75) is 32.2 Å². The van der Waals surface area contributed by atoms with Gasteiger partial charge in [0.15, 0.2) is 5.82 Å². The van der Waals surface area contributed by atoms with E-state index in [1.807, 2.05) is 6.92 Å². The van der Waals surface area contributed by atoms with Gasteiger partial charge in [-0.15, -0.1) is 0 Å². The molecule has 0 saturated heterocycles. The van der Waals surface area contributed by atoms with E-state index < -0.39 is 22.8 Å². The molecule has 0 aliphatic rings. The summed E-state index contributed by atoms with van der Waals surface area (Å²) in [4.78, 5) is 20.5. The van der Waals surface area contributed by atoms with E-state index in [-0.39, 0.29) is 17.8 Å². The van der Waals surface area contributed by atoms with Crippen molar-refractivity contribution in [2.75, 3.05) is 5.32 Å². The Kier molecular flexibility index (Phi) is 5.23. The van der Waals surface area contributed by atoms with Gasteiger partial charge in [-0.1, -0.05) is 13.3 Å². The van der Waals surface area contributed by atoms with E-state index in [0.717, 1.165) is 12.5 Å². The molecular formula is C12H15FN2O4. The summed E-state index contributed by atoms with van der Waals surface area (Å²) in [6.45, 7) is 1.89. The molecule has 1 unspecified atom stereocenters. The number of carboxylic acids is 1. The van der Waals surface area contributed by atoms with E-state index >= 15 is 0 Å². The van der Waals surface area contributed by atoms with Gasteiger partial charge in [-0.05, 0) is 12.5 Å². The number of non-ortho nitro benzene ring substituents is 1. The Morgan fingerprint density at radius 1 is 1.58 bits per heavy atom. The topological polar surface area (TPSA) is 92.5 Å². The number of anilines is 1. The number of halogens is 1. The highest BCUT2D eigenvalue weighted by Crippen LogP contribution is 2.22. The zero-order valence-corrected chi connectivity index (χ0v) is 10.4. The summed E-state index contributed by atoms with van der Waals surface area (Å²) in [5.74, 6) is -1.74. The molecule has 0 amide bonds. The lowest BCUT2D eigenvalue weighted by Crippen LogP contribution is -2.23. The van der Waals surface area contributed by atoms with Crippen molar-refractivity contribution in [1.29, 1.82) is 0 Å².